The van der Waals surface area contributed by atoms with Crippen LogP contribution in [0.4, 0.5) is 10.5 Å². The van der Waals surface area contributed by atoms with Crippen LogP contribution in [0.3, 0.4) is 0 Å². The molecule has 0 saturated carbocycles. The Morgan fingerprint density at radius 2 is 2.07 bits per heavy atom. The van der Waals surface area contributed by atoms with E-state index in [0.29, 0.717) is 33.3 Å². The first-order valence-electron chi connectivity index (χ1n) is 8.85. The zero-order valence-electron chi connectivity index (χ0n) is 15.4. The molecule has 148 valence electrons. The quantitative estimate of drug-likeness (QED) is 0.650. The summed E-state index contributed by atoms with van der Waals surface area (Å²) in [6.45, 7) is 1.46. The molecule has 9 heteroatoms. The Labute approximate surface area is 177 Å². The number of amides is 3. The van der Waals surface area contributed by atoms with E-state index >= 15 is 0 Å². The monoisotopic (exact) mass is 427 g/mol. The number of nitriles is 1. The number of halogens is 1. The Hall–Kier alpha value is -3.04. The number of primary amides is 2. The van der Waals surface area contributed by atoms with E-state index in [9.17, 15) is 9.59 Å². The summed E-state index contributed by atoms with van der Waals surface area (Å²) in [7, 11) is 0. The van der Waals surface area contributed by atoms with Crippen molar-refractivity contribution in [2.75, 3.05) is 18.0 Å². The fourth-order valence-electron chi connectivity index (χ4n) is 3.17. The first-order valence-corrected chi connectivity index (χ1v) is 10.0. The Morgan fingerprint density at radius 1 is 1.28 bits per heavy atom. The number of carbonyl (C=O) groups is 2. The highest BCUT2D eigenvalue weighted by molar-refractivity contribution is 7.15. The third kappa shape index (κ3) is 4.69. The second-order valence-corrected chi connectivity index (χ2v) is 7.91. The van der Waals surface area contributed by atoms with Crippen LogP contribution in [0.25, 0.3) is 0 Å². The number of nitrogens with one attached hydrogen (secondary N) is 1. The van der Waals surface area contributed by atoms with Crippen molar-refractivity contribution in [2.45, 2.75) is 18.9 Å². The van der Waals surface area contributed by atoms with Gasteiger partial charge in [-0.05, 0) is 43.7 Å². The molecule has 3 amide bonds. The summed E-state index contributed by atoms with van der Waals surface area (Å²) in [5.41, 5.74) is 12.5. The maximum Gasteiger partial charge on any atom is 0.319 e. The molecular weight excluding hydrogens is 410 g/mol. The maximum absolute atomic E-state index is 12.2. The predicted molar refractivity (Wildman–Crippen MR) is 113 cm³/mol. The molecule has 0 radical (unpaired) electrons. The molecule has 5 N–H and O–H groups in total. The van der Waals surface area contributed by atoms with Crippen LogP contribution in [-0.2, 0) is 0 Å². The van der Waals surface area contributed by atoms with Crippen molar-refractivity contribution in [3.05, 3.63) is 50.2 Å². The molecule has 1 aromatic carbocycles. The Morgan fingerprint density at radius 3 is 2.69 bits per heavy atom. The minimum absolute atomic E-state index is 0.163. The highest BCUT2D eigenvalue weighted by Crippen LogP contribution is 2.32. The van der Waals surface area contributed by atoms with Gasteiger partial charge >= 0.3 is 6.03 Å². The van der Waals surface area contributed by atoms with E-state index in [1.165, 1.54) is 4.90 Å². The fraction of sp³-hybridized carbons (Fsp3) is 0.250. The van der Waals surface area contributed by atoms with Crippen molar-refractivity contribution in [2.24, 2.45) is 11.5 Å². The summed E-state index contributed by atoms with van der Waals surface area (Å²) in [6.07, 6.45) is 1.67. The summed E-state index contributed by atoms with van der Waals surface area (Å²) in [5, 5.41) is 12.7. The summed E-state index contributed by atoms with van der Waals surface area (Å²) in [5.74, 6) is 5.25. The first kappa shape index (κ1) is 20.7. The minimum atomic E-state index is -0.647. The molecule has 0 aliphatic carbocycles. The first-order chi connectivity index (χ1) is 13.9. The molecular formula is C20H18ClN5O2S. The van der Waals surface area contributed by atoms with Crippen LogP contribution in [-0.4, -0.2) is 31.1 Å². The van der Waals surface area contributed by atoms with Crippen LogP contribution >= 0.6 is 22.9 Å². The van der Waals surface area contributed by atoms with Gasteiger partial charge in [-0.25, -0.2) is 4.79 Å². The molecule has 1 saturated heterocycles. The van der Waals surface area contributed by atoms with E-state index in [2.05, 4.69) is 17.2 Å². The summed E-state index contributed by atoms with van der Waals surface area (Å²) >= 11 is 7.04. The molecule has 1 fully saturated rings. The summed E-state index contributed by atoms with van der Waals surface area (Å²) in [6, 6.07) is 7.73. The normalized spacial score (nSPS) is 15.7. The van der Waals surface area contributed by atoms with Crippen molar-refractivity contribution >= 4 is 40.6 Å². The van der Waals surface area contributed by atoms with Crippen LogP contribution in [0, 0.1) is 23.2 Å². The number of benzene rings is 1. The average Bonchev–Trinajstić information content (AvgIpc) is 3.12. The predicted octanol–water partition coefficient (Wildman–Crippen LogP) is 2.41. The molecule has 0 spiro atoms. The Bertz CT molecular complexity index is 1060. The highest BCUT2D eigenvalue weighted by atomic mass is 35.5. The van der Waals surface area contributed by atoms with Gasteiger partial charge in [-0.3, -0.25) is 9.69 Å². The van der Waals surface area contributed by atoms with E-state index in [1.54, 1.807) is 24.3 Å². The van der Waals surface area contributed by atoms with Gasteiger partial charge in [-0.15, -0.1) is 11.3 Å². The lowest BCUT2D eigenvalue weighted by atomic mass is 10.1. The van der Waals surface area contributed by atoms with Gasteiger partial charge in [0.15, 0.2) is 0 Å². The SMILES string of the molecule is N#Cc1cc(C#Cc2cc(N(C(N)=O)[C@H]3CCCNC3)c(C(N)=O)s2)ccc1Cl. The standard InChI is InChI=1S/C20H18ClN5O2S/c21-16-6-4-12(8-13(16)10-22)3-5-15-9-17(18(29-15)19(23)27)26(20(24)28)14-2-1-7-25-11-14/h4,6,8-9,14,25H,1-2,7,11H2,(H2,23,27)(H2,24,28)/t14-/m0/s1. The van der Waals surface area contributed by atoms with Gasteiger partial charge in [0.05, 0.1) is 27.2 Å². The third-order valence-electron chi connectivity index (χ3n) is 4.49. The van der Waals surface area contributed by atoms with Crippen LogP contribution in [0.15, 0.2) is 24.3 Å². The minimum Gasteiger partial charge on any atom is -0.365 e. The number of nitrogens with two attached hydrogens (primary N) is 2. The van der Waals surface area contributed by atoms with Crippen LogP contribution < -0.4 is 21.7 Å². The molecule has 0 unspecified atom stereocenters. The number of rotatable bonds is 3. The molecule has 1 aliphatic rings. The van der Waals surface area contributed by atoms with Gasteiger partial charge in [0.1, 0.15) is 10.9 Å². The Kier molecular flexibility index (Phi) is 6.40. The average molecular weight is 428 g/mol. The number of urea groups is 1. The number of hydrogen-bond acceptors (Lipinski definition) is 5. The molecule has 29 heavy (non-hydrogen) atoms. The second-order valence-electron chi connectivity index (χ2n) is 6.45. The lowest BCUT2D eigenvalue weighted by molar-refractivity contribution is 0.100. The third-order valence-corrected chi connectivity index (χ3v) is 5.87. The smallest absolute Gasteiger partial charge is 0.319 e. The van der Waals surface area contributed by atoms with Gasteiger partial charge in [-0.2, -0.15) is 5.26 Å². The van der Waals surface area contributed by atoms with Gasteiger partial charge in [-0.1, -0.05) is 23.4 Å². The van der Waals surface area contributed by atoms with Crippen molar-refractivity contribution in [3.8, 4) is 17.9 Å². The fourth-order valence-corrected chi connectivity index (χ4v) is 4.18. The second kappa shape index (κ2) is 8.97. The summed E-state index contributed by atoms with van der Waals surface area (Å²) in [4.78, 5) is 26.3. The number of hydrogen-bond donors (Lipinski definition) is 3. The number of thiophene rings is 1. The zero-order valence-corrected chi connectivity index (χ0v) is 16.9. The molecule has 0 bridgehead atoms. The topological polar surface area (TPSA) is 125 Å². The lowest BCUT2D eigenvalue weighted by Gasteiger charge is -2.33. The van der Waals surface area contributed by atoms with Crippen molar-refractivity contribution in [1.29, 1.82) is 5.26 Å². The van der Waals surface area contributed by atoms with Gasteiger partial charge in [0, 0.05) is 12.1 Å². The number of piperidine rings is 1. The maximum atomic E-state index is 12.2. The van der Waals surface area contributed by atoms with Gasteiger partial charge in [0.2, 0.25) is 0 Å². The molecule has 2 heterocycles. The van der Waals surface area contributed by atoms with Crippen molar-refractivity contribution in [3.63, 3.8) is 0 Å². The van der Waals surface area contributed by atoms with Crippen molar-refractivity contribution in [1.82, 2.24) is 5.32 Å². The zero-order chi connectivity index (χ0) is 21.0. The molecule has 1 atom stereocenters. The lowest BCUT2D eigenvalue weighted by Crippen LogP contribution is -2.51. The molecule has 1 aromatic heterocycles. The number of nitrogens with zero attached hydrogens (tertiary/aromatic N) is 2. The van der Waals surface area contributed by atoms with Crippen molar-refractivity contribution < 1.29 is 9.59 Å². The van der Waals surface area contributed by atoms with Gasteiger partial charge in [0.25, 0.3) is 5.91 Å². The molecule has 7 nitrogen and oxygen atoms in total. The van der Waals surface area contributed by atoms with Crippen LogP contribution in [0.1, 0.15) is 38.5 Å². The van der Waals surface area contributed by atoms with E-state index < -0.39 is 11.9 Å². The van der Waals surface area contributed by atoms with E-state index in [-0.39, 0.29) is 10.9 Å². The van der Waals surface area contributed by atoms with E-state index in [1.807, 2.05) is 6.07 Å². The molecule has 2 aromatic rings. The largest absolute Gasteiger partial charge is 0.365 e. The number of carbonyl (C=O) groups excluding carboxylic acids is 2. The van der Waals surface area contributed by atoms with Gasteiger partial charge < -0.3 is 16.8 Å². The summed E-state index contributed by atoms with van der Waals surface area (Å²) < 4.78 is 0. The molecule has 3 rings (SSSR count). The number of anilines is 1. The van der Waals surface area contributed by atoms with Crippen LogP contribution in [0.5, 0.6) is 0 Å². The Balaban J connectivity index is 1.98. The van der Waals surface area contributed by atoms with Crippen LogP contribution in [0.2, 0.25) is 5.02 Å². The van der Waals surface area contributed by atoms with E-state index in [4.69, 9.17) is 28.3 Å². The molecule has 1 aliphatic heterocycles. The van der Waals surface area contributed by atoms with E-state index in [0.717, 1.165) is 30.7 Å². The highest BCUT2D eigenvalue weighted by Gasteiger charge is 2.29.